The van der Waals surface area contributed by atoms with E-state index in [-0.39, 0.29) is 11.3 Å². The first-order valence-corrected chi connectivity index (χ1v) is 9.06. The molecule has 0 saturated carbocycles. The van der Waals surface area contributed by atoms with Crippen LogP contribution in [0.3, 0.4) is 0 Å². The van der Waals surface area contributed by atoms with E-state index in [2.05, 4.69) is 0 Å². The Labute approximate surface area is 150 Å². The summed E-state index contributed by atoms with van der Waals surface area (Å²) in [6, 6.07) is 15.3. The summed E-state index contributed by atoms with van der Waals surface area (Å²) in [5, 5.41) is 0.955. The fraction of sp³-hybridized carbons (Fsp3) is 0.167. The fourth-order valence-electron chi connectivity index (χ4n) is 2.49. The lowest BCUT2D eigenvalue weighted by atomic mass is 10.2. The highest BCUT2D eigenvalue weighted by Gasteiger charge is 2.31. The second kappa shape index (κ2) is 7.43. The Kier molecular flexibility index (Phi) is 5.31. The molecule has 1 heterocycles. The number of nitrogens with zero attached hydrogens (tertiary/aromatic N) is 1. The van der Waals surface area contributed by atoms with E-state index >= 15 is 0 Å². The van der Waals surface area contributed by atoms with Gasteiger partial charge in [-0.2, -0.15) is 0 Å². The van der Waals surface area contributed by atoms with Crippen molar-refractivity contribution in [2.24, 2.45) is 0 Å². The average molecular weight is 364 g/mol. The molecule has 5 heteroatoms. The van der Waals surface area contributed by atoms with Gasteiger partial charge in [-0.1, -0.05) is 65.7 Å². The van der Waals surface area contributed by atoms with E-state index in [9.17, 15) is 4.79 Å². The van der Waals surface area contributed by atoms with Crippen LogP contribution in [0.15, 0.2) is 54.6 Å². The number of halogens is 2. The molecule has 1 saturated heterocycles. The number of hydrogen-bond acceptors (Lipinski definition) is 2. The number of hydrogen-bond donors (Lipinski definition) is 0. The van der Waals surface area contributed by atoms with E-state index in [1.165, 1.54) is 0 Å². The molecule has 1 fully saturated rings. The van der Waals surface area contributed by atoms with Crippen molar-refractivity contribution in [3.63, 3.8) is 0 Å². The third-order valence-electron chi connectivity index (χ3n) is 3.64. The van der Waals surface area contributed by atoms with Crippen molar-refractivity contribution in [1.82, 2.24) is 4.90 Å². The number of benzene rings is 2. The number of amides is 1. The highest BCUT2D eigenvalue weighted by Crippen LogP contribution is 2.42. The van der Waals surface area contributed by atoms with Gasteiger partial charge in [0.25, 0.3) is 0 Å². The highest BCUT2D eigenvalue weighted by atomic mass is 35.5. The van der Waals surface area contributed by atoms with E-state index in [0.717, 1.165) is 16.9 Å². The summed E-state index contributed by atoms with van der Waals surface area (Å²) >= 11 is 14.1. The predicted molar refractivity (Wildman–Crippen MR) is 98.9 cm³/mol. The van der Waals surface area contributed by atoms with E-state index in [4.69, 9.17) is 23.2 Å². The largest absolute Gasteiger partial charge is 0.322 e. The molecule has 1 amide bonds. The first-order chi connectivity index (χ1) is 11.2. The third-order valence-corrected chi connectivity index (χ3v) is 5.72. The SMILES string of the molecule is O=C(/C=C/c1ccccc1)N1CCS[C@@H]1c1cccc(Cl)c1Cl. The second-order valence-corrected chi connectivity index (χ2v) is 7.12. The summed E-state index contributed by atoms with van der Waals surface area (Å²) in [5.74, 6) is 0.873. The molecule has 3 rings (SSSR count). The zero-order valence-corrected chi connectivity index (χ0v) is 14.6. The van der Waals surface area contributed by atoms with Gasteiger partial charge in [-0.3, -0.25) is 4.79 Å². The summed E-state index contributed by atoms with van der Waals surface area (Å²) < 4.78 is 0. The molecule has 0 radical (unpaired) electrons. The minimum atomic E-state index is -0.0888. The lowest BCUT2D eigenvalue weighted by molar-refractivity contribution is -0.126. The molecule has 0 aromatic heterocycles. The van der Waals surface area contributed by atoms with Crippen molar-refractivity contribution in [3.05, 3.63) is 75.8 Å². The minimum absolute atomic E-state index is 0.0140. The van der Waals surface area contributed by atoms with Gasteiger partial charge in [-0.25, -0.2) is 0 Å². The number of rotatable bonds is 3. The third kappa shape index (κ3) is 3.74. The molecule has 1 atom stereocenters. The summed E-state index contributed by atoms with van der Waals surface area (Å²) in [7, 11) is 0. The number of carbonyl (C=O) groups excluding carboxylic acids is 1. The molecule has 0 N–H and O–H groups in total. The van der Waals surface area contributed by atoms with Crippen molar-refractivity contribution < 1.29 is 4.79 Å². The first-order valence-electron chi connectivity index (χ1n) is 7.26. The Balaban J connectivity index is 1.80. The molecular weight excluding hydrogens is 349 g/mol. The fourth-order valence-corrected chi connectivity index (χ4v) is 4.26. The first kappa shape index (κ1) is 16.4. The molecular formula is C18H15Cl2NOS. The molecule has 2 aromatic rings. The minimum Gasteiger partial charge on any atom is -0.322 e. The molecule has 0 aliphatic carbocycles. The van der Waals surface area contributed by atoms with Crippen molar-refractivity contribution in [1.29, 1.82) is 0 Å². The van der Waals surface area contributed by atoms with Crippen LogP contribution in [0.25, 0.3) is 6.08 Å². The maximum atomic E-state index is 12.5. The average Bonchev–Trinajstić information content (AvgIpc) is 3.05. The van der Waals surface area contributed by atoms with E-state index < -0.39 is 0 Å². The lowest BCUT2D eigenvalue weighted by Crippen LogP contribution is -2.28. The van der Waals surface area contributed by atoms with Crippen LogP contribution in [-0.4, -0.2) is 23.1 Å². The van der Waals surface area contributed by atoms with Crippen molar-refractivity contribution in [2.75, 3.05) is 12.3 Å². The molecule has 0 unspecified atom stereocenters. The van der Waals surface area contributed by atoms with Crippen molar-refractivity contribution in [3.8, 4) is 0 Å². The van der Waals surface area contributed by atoms with Crippen LogP contribution >= 0.6 is 35.0 Å². The van der Waals surface area contributed by atoms with E-state index in [1.54, 1.807) is 23.9 Å². The van der Waals surface area contributed by atoms with Gasteiger partial charge in [-0.05, 0) is 17.7 Å². The normalized spacial score (nSPS) is 17.8. The smallest absolute Gasteiger partial charge is 0.247 e. The standard InChI is InChI=1S/C18H15Cl2NOS/c19-15-8-4-7-14(17(15)20)18-21(11-12-23-18)16(22)10-9-13-5-2-1-3-6-13/h1-10,18H,11-12H2/b10-9+/t18-/m1/s1. The summed E-state index contributed by atoms with van der Waals surface area (Å²) in [6.45, 7) is 0.705. The van der Waals surface area contributed by atoms with Gasteiger partial charge in [0.2, 0.25) is 5.91 Å². The Hall–Kier alpha value is -1.42. The van der Waals surface area contributed by atoms with Crippen LogP contribution in [0.5, 0.6) is 0 Å². The number of carbonyl (C=O) groups is 1. The molecule has 23 heavy (non-hydrogen) atoms. The van der Waals surface area contributed by atoms with Crippen molar-refractivity contribution in [2.45, 2.75) is 5.37 Å². The maximum Gasteiger partial charge on any atom is 0.247 e. The van der Waals surface area contributed by atoms with E-state index in [1.807, 2.05) is 53.4 Å². The number of thioether (sulfide) groups is 1. The van der Waals surface area contributed by atoms with Crippen LogP contribution < -0.4 is 0 Å². The lowest BCUT2D eigenvalue weighted by Gasteiger charge is -2.24. The molecule has 0 spiro atoms. The van der Waals surface area contributed by atoms with Gasteiger partial charge in [0.05, 0.1) is 10.0 Å². The molecule has 1 aliphatic rings. The predicted octanol–water partition coefficient (Wildman–Crippen LogP) is 5.28. The molecule has 0 bridgehead atoms. The molecule has 2 nitrogen and oxygen atoms in total. The van der Waals surface area contributed by atoms with Crippen LogP contribution in [0.1, 0.15) is 16.5 Å². The zero-order chi connectivity index (χ0) is 16.2. The Bertz CT molecular complexity index is 733. The Morgan fingerprint density at radius 1 is 1.13 bits per heavy atom. The zero-order valence-electron chi connectivity index (χ0n) is 12.3. The van der Waals surface area contributed by atoms with Crippen LogP contribution in [0.4, 0.5) is 0 Å². The van der Waals surface area contributed by atoms with Crippen molar-refractivity contribution >= 4 is 46.9 Å². The van der Waals surface area contributed by atoms with Gasteiger partial charge in [0.15, 0.2) is 0 Å². The maximum absolute atomic E-state index is 12.5. The Morgan fingerprint density at radius 3 is 2.70 bits per heavy atom. The van der Waals surface area contributed by atoms with E-state index in [0.29, 0.717) is 16.6 Å². The molecule has 1 aliphatic heterocycles. The quantitative estimate of drug-likeness (QED) is 0.691. The second-order valence-electron chi connectivity index (χ2n) is 5.14. The van der Waals surface area contributed by atoms with Gasteiger partial charge < -0.3 is 4.90 Å². The molecule has 2 aromatic carbocycles. The summed E-state index contributed by atoms with van der Waals surface area (Å²) in [5.41, 5.74) is 1.90. The summed E-state index contributed by atoms with van der Waals surface area (Å²) in [4.78, 5) is 14.4. The van der Waals surface area contributed by atoms with Gasteiger partial charge in [0.1, 0.15) is 5.37 Å². The summed E-state index contributed by atoms with van der Waals surface area (Å²) in [6.07, 6.45) is 3.45. The topological polar surface area (TPSA) is 20.3 Å². The Morgan fingerprint density at radius 2 is 1.91 bits per heavy atom. The van der Waals surface area contributed by atoms with Gasteiger partial charge in [-0.15, -0.1) is 11.8 Å². The van der Waals surface area contributed by atoms with Gasteiger partial charge >= 0.3 is 0 Å². The van der Waals surface area contributed by atoms with Gasteiger partial charge in [0, 0.05) is 23.9 Å². The highest BCUT2D eigenvalue weighted by molar-refractivity contribution is 7.99. The van der Waals surface area contributed by atoms with Crippen LogP contribution in [0.2, 0.25) is 10.0 Å². The molecule has 118 valence electrons. The van der Waals surface area contributed by atoms with Crippen LogP contribution in [-0.2, 0) is 4.79 Å². The monoisotopic (exact) mass is 363 g/mol. The van der Waals surface area contributed by atoms with Crippen LogP contribution in [0, 0.1) is 0 Å².